The summed E-state index contributed by atoms with van der Waals surface area (Å²) in [7, 11) is -3.78. The van der Waals surface area contributed by atoms with E-state index in [4.69, 9.17) is 4.74 Å². The van der Waals surface area contributed by atoms with E-state index >= 15 is 0 Å². The predicted molar refractivity (Wildman–Crippen MR) is 118 cm³/mol. The van der Waals surface area contributed by atoms with E-state index in [9.17, 15) is 28.1 Å². The number of aryl methyl sites for hydroxylation is 2. The van der Waals surface area contributed by atoms with E-state index in [1.807, 2.05) is 0 Å². The number of nitro groups is 1. The highest BCUT2D eigenvalue weighted by Crippen LogP contribution is 2.27. The molecular weight excluding hydrogens is 438 g/mol. The Balaban J connectivity index is 2.17. The van der Waals surface area contributed by atoms with Crippen molar-refractivity contribution in [2.45, 2.75) is 32.6 Å². The number of anilines is 1. The number of hydrogen-bond acceptors (Lipinski definition) is 7. The van der Waals surface area contributed by atoms with Gasteiger partial charge in [0.25, 0.3) is 11.6 Å². The maximum Gasteiger partial charge on any atom is 0.338 e. The van der Waals surface area contributed by atoms with Crippen LogP contribution in [0, 0.1) is 24.0 Å². The van der Waals surface area contributed by atoms with Crippen molar-refractivity contribution in [3.8, 4) is 0 Å². The minimum Gasteiger partial charge on any atom is -0.452 e. The molecule has 32 heavy (non-hydrogen) atoms. The third-order valence-corrected chi connectivity index (χ3v) is 6.86. The van der Waals surface area contributed by atoms with Crippen molar-refractivity contribution in [2.75, 3.05) is 25.0 Å². The van der Waals surface area contributed by atoms with E-state index in [1.165, 1.54) is 34.6 Å². The van der Waals surface area contributed by atoms with Gasteiger partial charge in [0, 0.05) is 19.2 Å². The van der Waals surface area contributed by atoms with E-state index in [1.54, 1.807) is 33.8 Å². The van der Waals surface area contributed by atoms with Gasteiger partial charge in [0.1, 0.15) is 5.69 Å². The van der Waals surface area contributed by atoms with Crippen LogP contribution in [-0.4, -0.2) is 49.2 Å². The molecule has 172 valence electrons. The molecule has 0 heterocycles. The molecule has 0 unspecified atom stereocenters. The Hall–Kier alpha value is -3.31. The van der Waals surface area contributed by atoms with Crippen molar-refractivity contribution in [3.63, 3.8) is 0 Å². The average molecular weight is 464 g/mol. The SMILES string of the molecule is CCN(CC)S(=O)(=O)c1ccc(C)c(C(=O)OCC(=O)Nc2c(C)cccc2[N+](=O)[O-])c1. The number of carbonyl (C=O) groups is 2. The summed E-state index contributed by atoms with van der Waals surface area (Å²) in [5.41, 5.74) is 0.692. The first-order valence-corrected chi connectivity index (χ1v) is 11.3. The number of nitrogens with one attached hydrogen (secondary N) is 1. The lowest BCUT2D eigenvalue weighted by Crippen LogP contribution is -2.30. The van der Waals surface area contributed by atoms with Gasteiger partial charge in [-0.3, -0.25) is 14.9 Å². The zero-order valence-electron chi connectivity index (χ0n) is 18.2. The number of amides is 1. The van der Waals surface area contributed by atoms with Gasteiger partial charge < -0.3 is 10.1 Å². The first-order chi connectivity index (χ1) is 15.0. The van der Waals surface area contributed by atoms with Crippen LogP contribution < -0.4 is 5.32 Å². The summed E-state index contributed by atoms with van der Waals surface area (Å²) in [6.07, 6.45) is 0. The molecule has 0 atom stereocenters. The number of hydrogen-bond donors (Lipinski definition) is 1. The summed E-state index contributed by atoms with van der Waals surface area (Å²) in [5.74, 6) is -1.64. The second kappa shape index (κ2) is 10.3. The monoisotopic (exact) mass is 463 g/mol. The molecule has 2 rings (SSSR count). The quantitative estimate of drug-likeness (QED) is 0.343. The standard InChI is InChI=1S/C21H25N3O7S/c1-5-23(6-2)32(29,30)16-11-10-14(3)17(12-16)21(26)31-13-19(25)22-20-15(4)8-7-9-18(20)24(27)28/h7-12H,5-6,13H2,1-4H3,(H,22,25). The fraction of sp³-hybridized carbons (Fsp3) is 0.333. The first kappa shape index (κ1) is 25.0. The van der Waals surface area contributed by atoms with Gasteiger partial charge in [-0.25, -0.2) is 13.2 Å². The van der Waals surface area contributed by atoms with E-state index in [0.29, 0.717) is 11.1 Å². The van der Waals surface area contributed by atoms with Gasteiger partial charge in [-0.15, -0.1) is 0 Å². The van der Waals surface area contributed by atoms with Crippen LogP contribution in [0.25, 0.3) is 0 Å². The number of ether oxygens (including phenoxy) is 1. The largest absolute Gasteiger partial charge is 0.452 e. The van der Waals surface area contributed by atoms with E-state index in [2.05, 4.69) is 5.32 Å². The number of benzene rings is 2. The van der Waals surface area contributed by atoms with Crippen LogP contribution in [0.4, 0.5) is 11.4 Å². The second-order valence-electron chi connectivity index (χ2n) is 6.92. The minimum absolute atomic E-state index is 0.00732. The molecule has 0 aliphatic carbocycles. The number of para-hydroxylation sites is 1. The number of rotatable bonds is 9. The van der Waals surface area contributed by atoms with E-state index < -0.39 is 33.4 Å². The van der Waals surface area contributed by atoms with E-state index in [0.717, 1.165) is 0 Å². The maximum atomic E-state index is 12.7. The first-order valence-electron chi connectivity index (χ1n) is 9.84. The molecule has 2 aromatic carbocycles. The highest BCUT2D eigenvalue weighted by Gasteiger charge is 2.24. The number of nitrogens with zero attached hydrogens (tertiary/aromatic N) is 2. The summed E-state index contributed by atoms with van der Waals surface area (Å²) in [6.45, 7) is 6.48. The van der Waals surface area contributed by atoms with E-state index in [-0.39, 0.29) is 34.9 Å². The molecule has 0 bridgehead atoms. The molecule has 0 saturated carbocycles. The van der Waals surface area contributed by atoms with Gasteiger partial charge in [-0.2, -0.15) is 4.31 Å². The van der Waals surface area contributed by atoms with Crippen LogP contribution in [0.2, 0.25) is 0 Å². The highest BCUT2D eigenvalue weighted by molar-refractivity contribution is 7.89. The topological polar surface area (TPSA) is 136 Å². The molecule has 11 heteroatoms. The Kier molecular flexibility index (Phi) is 8.06. The lowest BCUT2D eigenvalue weighted by Gasteiger charge is -2.19. The number of nitro benzene ring substituents is 1. The fourth-order valence-electron chi connectivity index (χ4n) is 3.05. The Bertz CT molecular complexity index is 1140. The lowest BCUT2D eigenvalue weighted by atomic mass is 10.1. The number of esters is 1. The molecular formula is C21H25N3O7S. The van der Waals surface area contributed by atoms with Crippen molar-refractivity contribution in [1.29, 1.82) is 0 Å². The predicted octanol–water partition coefficient (Wildman–Crippen LogP) is 3.04. The van der Waals surface area contributed by atoms with Crippen LogP contribution in [0.15, 0.2) is 41.3 Å². The third-order valence-electron chi connectivity index (χ3n) is 4.82. The fourth-order valence-corrected chi connectivity index (χ4v) is 4.53. The molecule has 2 aromatic rings. The van der Waals surface area contributed by atoms with Gasteiger partial charge in [0.05, 0.1) is 15.4 Å². The van der Waals surface area contributed by atoms with Crippen LogP contribution in [0.3, 0.4) is 0 Å². The molecule has 1 N–H and O–H groups in total. The molecule has 1 amide bonds. The van der Waals surface area contributed by atoms with Crippen molar-refractivity contribution in [1.82, 2.24) is 4.31 Å². The molecule has 0 radical (unpaired) electrons. The molecule has 0 aliphatic heterocycles. The molecule has 10 nitrogen and oxygen atoms in total. The Morgan fingerprint density at radius 3 is 2.34 bits per heavy atom. The third kappa shape index (κ3) is 5.48. The maximum absolute atomic E-state index is 12.7. The second-order valence-corrected chi connectivity index (χ2v) is 8.85. The zero-order valence-corrected chi connectivity index (χ0v) is 19.1. The van der Waals surface area contributed by atoms with Crippen molar-refractivity contribution >= 4 is 33.3 Å². The minimum atomic E-state index is -3.78. The average Bonchev–Trinajstić information content (AvgIpc) is 2.74. The van der Waals surface area contributed by atoms with Crippen molar-refractivity contribution in [3.05, 3.63) is 63.2 Å². The van der Waals surface area contributed by atoms with Gasteiger partial charge in [0.15, 0.2) is 6.61 Å². The summed E-state index contributed by atoms with van der Waals surface area (Å²) >= 11 is 0. The smallest absolute Gasteiger partial charge is 0.338 e. The van der Waals surface area contributed by atoms with Gasteiger partial charge >= 0.3 is 5.97 Å². The Morgan fingerprint density at radius 2 is 1.75 bits per heavy atom. The zero-order chi connectivity index (χ0) is 24.1. The van der Waals surface area contributed by atoms with Crippen LogP contribution in [-0.2, 0) is 19.6 Å². The van der Waals surface area contributed by atoms with Gasteiger partial charge in [0.2, 0.25) is 10.0 Å². The van der Waals surface area contributed by atoms with Crippen LogP contribution in [0.5, 0.6) is 0 Å². The Morgan fingerprint density at radius 1 is 1.09 bits per heavy atom. The number of sulfonamides is 1. The molecule has 0 aromatic heterocycles. The van der Waals surface area contributed by atoms with Crippen LogP contribution >= 0.6 is 0 Å². The number of carbonyl (C=O) groups excluding carboxylic acids is 2. The summed E-state index contributed by atoms with van der Waals surface area (Å²) in [4.78, 5) is 35.3. The molecule has 0 spiro atoms. The molecule has 0 fully saturated rings. The Labute approximate surface area is 186 Å². The molecule has 0 aliphatic rings. The van der Waals surface area contributed by atoms with Crippen LogP contribution in [0.1, 0.15) is 35.3 Å². The molecule has 0 saturated heterocycles. The summed E-state index contributed by atoms with van der Waals surface area (Å²) in [6, 6.07) is 8.45. The highest BCUT2D eigenvalue weighted by atomic mass is 32.2. The normalized spacial score (nSPS) is 11.3. The van der Waals surface area contributed by atoms with Gasteiger partial charge in [-0.05, 0) is 37.1 Å². The van der Waals surface area contributed by atoms with Crippen molar-refractivity contribution in [2.24, 2.45) is 0 Å². The summed E-state index contributed by atoms with van der Waals surface area (Å²) < 4.78 is 31.7. The van der Waals surface area contributed by atoms with Crippen molar-refractivity contribution < 1.29 is 27.7 Å². The summed E-state index contributed by atoms with van der Waals surface area (Å²) in [5, 5.41) is 13.6. The lowest BCUT2D eigenvalue weighted by molar-refractivity contribution is -0.384. The van der Waals surface area contributed by atoms with Gasteiger partial charge in [-0.1, -0.05) is 32.0 Å².